The minimum absolute atomic E-state index is 0.0191. The first-order chi connectivity index (χ1) is 50.3. The number of hydrogen-bond donors (Lipinski definition) is 3. The number of aliphatic hydroxyl groups excluding tert-OH is 2. The quantitative estimate of drug-likeness (QED) is 0.0166. The molecule has 0 spiro atoms. The second-order valence-electron chi connectivity index (χ2n) is 23.3. The van der Waals surface area contributed by atoms with Gasteiger partial charge in [-0.3, -0.25) is 5.41 Å². The summed E-state index contributed by atoms with van der Waals surface area (Å²) in [6.45, 7) is -2.72. The Kier molecular flexibility index (Phi) is 25.3. The number of ether oxygens (including phenoxy) is 14. The van der Waals surface area contributed by atoms with Crippen LogP contribution in [0.15, 0.2) is 243 Å². The van der Waals surface area contributed by atoms with E-state index < -0.39 is 169 Å². The van der Waals surface area contributed by atoms with Gasteiger partial charge in [0, 0.05) is 0 Å². The smallest absolute Gasteiger partial charge is 0.338 e. The summed E-state index contributed by atoms with van der Waals surface area (Å²) in [4.78, 5) is 114. The van der Waals surface area contributed by atoms with Gasteiger partial charge in [0.2, 0.25) is 12.2 Å². The normalized spacial score (nSPS) is 24.3. The van der Waals surface area contributed by atoms with Crippen LogP contribution in [-0.2, 0) is 66.3 Å². The molecule has 3 heterocycles. The van der Waals surface area contributed by atoms with Gasteiger partial charge in [-0.25, -0.2) is 38.4 Å². The van der Waals surface area contributed by atoms with E-state index in [1.54, 1.807) is 72.8 Å². The number of hydrogen-bond acceptors (Lipinski definition) is 25. The summed E-state index contributed by atoms with van der Waals surface area (Å²) in [5.41, 5.74) is -0.231. The molecule has 0 amide bonds. The molecule has 25 nitrogen and oxygen atoms in total. The Bertz CT molecular complexity index is 4230. The van der Waals surface area contributed by atoms with Crippen LogP contribution >= 0.6 is 34.8 Å². The molecule has 3 saturated heterocycles. The number of nitrogens with one attached hydrogen (secondary N) is 1. The Hall–Kier alpha value is -10.4. The Morgan fingerprint density at radius 3 is 0.846 bits per heavy atom. The van der Waals surface area contributed by atoms with Gasteiger partial charge in [0.15, 0.2) is 55.3 Å². The molecule has 0 aliphatic carbocycles. The summed E-state index contributed by atoms with van der Waals surface area (Å²) in [5.74, 6) is -9.45. The van der Waals surface area contributed by atoms with E-state index in [4.69, 9.17) is 107 Å². The van der Waals surface area contributed by atoms with Crippen molar-refractivity contribution >= 4 is 88.5 Å². The first kappa shape index (κ1) is 74.8. The first-order valence-electron chi connectivity index (χ1n) is 32.2. The monoisotopic (exact) mass is 1480 g/mol. The van der Waals surface area contributed by atoms with E-state index in [1.165, 1.54) is 170 Å². The second-order valence-corrected chi connectivity index (χ2v) is 25.6. The molecule has 0 aromatic heterocycles. The number of aliphatic hydroxyl groups is 2. The molecule has 1 unspecified atom stereocenters. The summed E-state index contributed by atoms with van der Waals surface area (Å²) >= 11 is 18.4. The fourth-order valence-corrected chi connectivity index (χ4v) is 11.2. The van der Waals surface area contributed by atoms with Crippen molar-refractivity contribution in [1.82, 2.24) is 0 Å². The zero-order valence-corrected chi connectivity index (χ0v) is 56.7. The van der Waals surface area contributed by atoms with E-state index >= 15 is 0 Å². The molecule has 3 fully saturated rings. The summed E-state index contributed by atoms with van der Waals surface area (Å²) in [5, 5.41) is 33.8. The molecule has 0 saturated carbocycles. The van der Waals surface area contributed by atoms with E-state index in [9.17, 15) is 48.6 Å². The van der Waals surface area contributed by atoms with Crippen LogP contribution in [0.2, 0.25) is 0 Å². The van der Waals surface area contributed by atoms with Crippen molar-refractivity contribution in [2.45, 2.75) is 95.9 Å². The van der Waals surface area contributed by atoms with Crippen LogP contribution in [0.3, 0.4) is 0 Å². The molecule has 8 aromatic rings. The molecule has 0 bridgehead atoms. The average molecular weight is 1480 g/mol. The molecule has 3 aliphatic rings. The van der Waals surface area contributed by atoms with Crippen LogP contribution in [0.4, 0.5) is 0 Å². The van der Waals surface area contributed by atoms with Crippen molar-refractivity contribution in [3.63, 3.8) is 0 Å². The number of benzene rings is 8. The Labute approximate surface area is 608 Å². The Morgan fingerprint density at radius 1 is 0.298 bits per heavy atom. The van der Waals surface area contributed by atoms with Crippen LogP contribution in [0, 0.1) is 5.41 Å². The van der Waals surface area contributed by atoms with Gasteiger partial charge in [0.05, 0.1) is 57.7 Å². The van der Waals surface area contributed by atoms with Crippen molar-refractivity contribution in [3.05, 3.63) is 287 Å². The zero-order chi connectivity index (χ0) is 73.3. The van der Waals surface area contributed by atoms with Gasteiger partial charge in [-0.2, -0.15) is 0 Å². The molecule has 104 heavy (non-hydrogen) atoms. The van der Waals surface area contributed by atoms with E-state index in [0.717, 1.165) is 0 Å². The van der Waals surface area contributed by atoms with E-state index in [-0.39, 0.29) is 44.5 Å². The Balaban J connectivity index is 1.01. The van der Waals surface area contributed by atoms with E-state index in [1.807, 2.05) is 0 Å². The van der Waals surface area contributed by atoms with E-state index in [0.29, 0.717) is 0 Å². The lowest BCUT2D eigenvalue weighted by atomic mass is 9.96. The second kappa shape index (κ2) is 35.2. The van der Waals surface area contributed by atoms with Gasteiger partial charge >= 0.3 is 47.8 Å². The van der Waals surface area contributed by atoms with Gasteiger partial charge < -0.3 is 76.5 Å². The highest BCUT2D eigenvalue weighted by molar-refractivity contribution is 6.76. The van der Waals surface area contributed by atoms with Gasteiger partial charge in [-0.05, 0) is 97.1 Å². The topological polar surface area (TPSA) is 330 Å². The highest BCUT2D eigenvalue weighted by atomic mass is 35.6. The lowest BCUT2D eigenvalue weighted by molar-refractivity contribution is -0.337. The largest absolute Gasteiger partial charge is 0.459 e. The molecule has 3 aliphatic heterocycles. The number of rotatable bonds is 24. The predicted molar refractivity (Wildman–Crippen MR) is 365 cm³/mol. The standard InChI is InChI=1S/C76H64Cl3NO24/c77-76(78,79)75(80)104-74-61(101-69(88)49-35-19-6-20-36-49)56(82)58(98-66(85)46-29-13-3-14-30-46)53(96-74)42-93-73-63(103-71(90)51-39-23-8-24-40-51)62(102-70(89)50-37-21-7-22-38-50)59(99-67(86)47-31-15-4-16-32-47)54(95-73)43-92-72-60(100-68(87)48-33-17-5-18-34-48)55(81)57(97-65(84)45-27-11-2-12-28-45)52(94-72)41-91-64(83)44-25-9-1-10-26-44/h1-40,52-63,72-74,80-82H,41-43H2/t52-,53-,54-,55+,56+,57-,58-,59-,60-,61-,62+,63-,72-,73-,74?/m1/s1. The van der Waals surface area contributed by atoms with Crippen molar-refractivity contribution in [2.24, 2.45) is 0 Å². The van der Waals surface area contributed by atoms with Crippen molar-refractivity contribution < 1.29 is 115 Å². The average Bonchev–Trinajstić information content (AvgIpc) is 0.960. The van der Waals surface area contributed by atoms with Crippen LogP contribution in [0.5, 0.6) is 0 Å². The minimum Gasteiger partial charge on any atom is -0.459 e. The van der Waals surface area contributed by atoms with Gasteiger partial charge in [0.25, 0.3) is 3.79 Å². The van der Waals surface area contributed by atoms with Crippen LogP contribution in [-0.4, -0.2) is 180 Å². The number of carbonyl (C=O) groups excluding carboxylic acids is 8. The highest BCUT2D eigenvalue weighted by Gasteiger charge is 2.58. The maximum absolute atomic E-state index is 14.8. The van der Waals surface area contributed by atoms with Crippen molar-refractivity contribution in [2.75, 3.05) is 19.8 Å². The zero-order valence-electron chi connectivity index (χ0n) is 54.4. The molecule has 11 rings (SSSR count). The van der Waals surface area contributed by atoms with E-state index in [2.05, 4.69) is 0 Å². The number of carbonyl (C=O) groups is 8. The molecule has 15 atom stereocenters. The predicted octanol–water partition coefficient (Wildman–Crippen LogP) is 9.72. The van der Waals surface area contributed by atoms with Crippen molar-refractivity contribution in [1.29, 1.82) is 5.41 Å². The van der Waals surface area contributed by atoms with Crippen LogP contribution < -0.4 is 0 Å². The maximum Gasteiger partial charge on any atom is 0.338 e. The summed E-state index contributed by atoms with van der Waals surface area (Å²) in [6.07, 6.45) is -30.0. The third-order valence-electron chi connectivity index (χ3n) is 16.3. The SMILES string of the molecule is N=C(OC1O[C@H](CO[C@@H]2O[C@H](CO[C@@H]3O[C@H](COC(=O)c4ccccc4)[C@@H](OC(=O)c4ccccc4)[C@H](O)[C@H]3OC(=O)c3ccccc3)[C@@H](OC(=O)c3ccccc3)[C@H](OC(=O)c3ccccc3)[C@H]2OC(=O)c2ccccc2)[C@@H](OC(=O)c2ccccc2)[C@H](O)[C@H]1OC(=O)c1ccccc1)C(Cl)(Cl)Cl. The molecule has 8 aromatic carbocycles. The lowest BCUT2D eigenvalue weighted by Crippen LogP contribution is -2.65. The van der Waals surface area contributed by atoms with Gasteiger partial charge in [-0.1, -0.05) is 180 Å². The number of alkyl halides is 3. The third kappa shape index (κ3) is 19.1. The first-order valence-corrected chi connectivity index (χ1v) is 33.3. The summed E-state index contributed by atoms with van der Waals surface area (Å²) in [6, 6.07) is 60.1. The molecular weight excluding hydrogens is 1420 g/mol. The number of halogens is 3. The summed E-state index contributed by atoms with van der Waals surface area (Å²) < 4.78 is 84.4. The minimum atomic E-state index is -2.61. The Morgan fingerprint density at radius 2 is 0.529 bits per heavy atom. The van der Waals surface area contributed by atoms with Crippen LogP contribution in [0.1, 0.15) is 82.9 Å². The highest BCUT2D eigenvalue weighted by Crippen LogP contribution is 2.38. The number of esters is 8. The fraction of sp³-hybridized carbons (Fsp3) is 0.250. The van der Waals surface area contributed by atoms with Crippen LogP contribution in [0.25, 0.3) is 0 Å². The van der Waals surface area contributed by atoms with Crippen molar-refractivity contribution in [3.8, 4) is 0 Å². The molecular formula is C76H64Cl3NO24. The van der Waals surface area contributed by atoms with Gasteiger partial charge in [-0.15, -0.1) is 0 Å². The summed E-state index contributed by atoms with van der Waals surface area (Å²) in [7, 11) is 0. The molecule has 0 radical (unpaired) electrons. The molecule has 28 heteroatoms. The lowest BCUT2D eigenvalue weighted by Gasteiger charge is -2.47. The molecule has 538 valence electrons. The fourth-order valence-electron chi connectivity index (χ4n) is 11.1. The van der Waals surface area contributed by atoms with Gasteiger partial charge in [0.1, 0.15) is 37.1 Å². The maximum atomic E-state index is 14.8. The molecule has 3 N–H and O–H groups in total. The third-order valence-corrected chi connectivity index (χ3v) is 16.8.